The highest BCUT2D eigenvalue weighted by Crippen LogP contribution is 2.27. The van der Waals surface area contributed by atoms with Crippen LogP contribution in [0.2, 0.25) is 0 Å². The number of carbonyl (C=O) groups excluding carboxylic acids is 1. The van der Waals surface area contributed by atoms with Gasteiger partial charge in [0.1, 0.15) is 5.69 Å². The lowest BCUT2D eigenvalue weighted by atomic mass is 10.00. The lowest BCUT2D eigenvalue weighted by Gasteiger charge is -2.34. The Morgan fingerprint density at radius 3 is 3.00 bits per heavy atom. The van der Waals surface area contributed by atoms with E-state index in [1.165, 1.54) is 6.42 Å². The van der Waals surface area contributed by atoms with E-state index in [0.29, 0.717) is 6.04 Å². The molecule has 3 aromatic rings. The SMILES string of the molecule is CC[C@H]1CCCCN1C(=O)/C=C/c1c(-c2cccnc2)nn2ccccc12. The summed E-state index contributed by atoms with van der Waals surface area (Å²) in [6.07, 6.45) is 13.5. The van der Waals surface area contributed by atoms with Gasteiger partial charge in [0.25, 0.3) is 0 Å². The van der Waals surface area contributed by atoms with Crippen LogP contribution in [0.4, 0.5) is 0 Å². The maximum absolute atomic E-state index is 12.8. The van der Waals surface area contributed by atoms with Crippen molar-refractivity contribution < 1.29 is 4.79 Å². The first-order chi connectivity index (χ1) is 13.3. The fourth-order valence-electron chi connectivity index (χ4n) is 3.86. The Balaban J connectivity index is 1.70. The summed E-state index contributed by atoms with van der Waals surface area (Å²) < 4.78 is 1.85. The molecule has 0 aromatic carbocycles. The topological polar surface area (TPSA) is 50.5 Å². The summed E-state index contributed by atoms with van der Waals surface area (Å²) >= 11 is 0. The molecule has 0 spiro atoms. The lowest BCUT2D eigenvalue weighted by molar-refractivity contribution is -0.129. The van der Waals surface area contributed by atoms with Crippen LogP contribution in [-0.2, 0) is 4.79 Å². The fourth-order valence-corrected chi connectivity index (χ4v) is 3.86. The third kappa shape index (κ3) is 3.50. The smallest absolute Gasteiger partial charge is 0.246 e. The molecule has 3 aromatic heterocycles. The first kappa shape index (κ1) is 17.5. The lowest BCUT2D eigenvalue weighted by Crippen LogP contribution is -2.42. The van der Waals surface area contributed by atoms with E-state index in [1.54, 1.807) is 18.5 Å². The minimum Gasteiger partial charge on any atom is -0.336 e. The molecule has 0 N–H and O–H groups in total. The van der Waals surface area contributed by atoms with Gasteiger partial charge in [-0.1, -0.05) is 13.0 Å². The van der Waals surface area contributed by atoms with Gasteiger partial charge in [-0.15, -0.1) is 0 Å². The summed E-state index contributed by atoms with van der Waals surface area (Å²) in [6, 6.07) is 10.2. The highest BCUT2D eigenvalue weighted by molar-refractivity contribution is 5.95. The highest BCUT2D eigenvalue weighted by Gasteiger charge is 2.23. The summed E-state index contributed by atoms with van der Waals surface area (Å²) in [5.41, 5.74) is 3.70. The Kier molecular flexibility index (Phi) is 5.01. The Morgan fingerprint density at radius 2 is 2.19 bits per heavy atom. The number of likely N-dealkylation sites (tertiary alicyclic amines) is 1. The second-order valence-electron chi connectivity index (χ2n) is 6.96. The number of fused-ring (bicyclic) bond motifs is 1. The first-order valence-corrected chi connectivity index (χ1v) is 9.64. The van der Waals surface area contributed by atoms with E-state index in [0.717, 1.165) is 48.1 Å². The van der Waals surface area contributed by atoms with Gasteiger partial charge in [0.2, 0.25) is 5.91 Å². The van der Waals surface area contributed by atoms with Gasteiger partial charge in [0, 0.05) is 48.4 Å². The molecule has 0 aliphatic carbocycles. The number of piperidine rings is 1. The van der Waals surface area contributed by atoms with Crippen molar-refractivity contribution in [2.45, 2.75) is 38.6 Å². The van der Waals surface area contributed by atoms with E-state index in [1.807, 2.05) is 52.0 Å². The molecule has 0 bridgehead atoms. The quantitative estimate of drug-likeness (QED) is 0.655. The monoisotopic (exact) mass is 360 g/mol. The molecule has 1 aliphatic rings. The number of aromatic nitrogens is 3. The summed E-state index contributed by atoms with van der Waals surface area (Å²) in [7, 11) is 0. The Labute approximate surface area is 159 Å². The number of carbonyl (C=O) groups is 1. The zero-order valence-electron chi connectivity index (χ0n) is 15.6. The van der Waals surface area contributed by atoms with Crippen LogP contribution < -0.4 is 0 Å². The van der Waals surface area contributed by atoms with Crippen LogP contribution in [0.25, 0.3) is 22.9 Å². The van der Waals surface area contributed by atoms with Crippen LogP contribution in [0.15, 0.2) is 55.0 Å². The van der Waals surface area contributed by atoms with E-state index >= 15 is 0 Å². The maximum Gasteiger partial charge on any atom is 0.246 e. The number of hydrogen-bond donors (Lipinski definition) is 0. The van der Waals surface area contributed by atoms with Gasteiger partial charge in [-0.2, -0.15) is 5.10 Å². The molecule has 1 saturated heterocycles. The average Bonchev–Trinajstić information content (AvgIpc) is 3.11. The molecule has 0 saturated carbocycles. The van der Waals surface area contributed by atoms with Crippen LogP contribution >= 0.6 is 0 Å². The van der Waals surface area contributed by atoms with Gasteiger partial charge in [0.05, 0.1) is 5.52 Å². The fraction of sp³-hybridized carbons (Fsp3) is 0.318. The molecule has 27 heavy (non-hydrogen) atoms. The summed E-state index contributed by atoms with van der Waals surface area (Å²) in [4.78, 5) is 19.1. The van der Waals surface area contributed by atoms with Gasteiger partial charge >= 0.3 is 0 Å². The summed E-state index contributed by atoms with van der Waals surface area (Å²) in [5.74, 6) is 0.0916. The van der Waals surface area contributed by atoms with E-state index in [2.05, 4.69) is 11.9 Å². The molecule has 0 unspecified atom stereocenters. The Morgan fingerprint density at radius 1 is 1.26 bits per heavy atom. The molecule has 5 heteroatoms. The van der Waals surface area contributed by atoms with Crippen molar-refractivity contribution in [3.63, 3.8) is 0 Å². The van der Waals surface area contributed by atoms with Crippen LogP contribution in [0.1, 0.15) is 38.2 Å². The van der Waals surface area contributed by atoms with Crippen LogP contribution in [0, 0.1) is 0 Å². The zero-order valence-corrected chi connectivity index (χ0v) is 15.6. The number of hydrogen-bond acceptors (Lipinski definition) is 3. The van der Waals surface area contributed by atoms with E-state index < -0.39 is 0 Å². The highest BCUT2D eigenvalue weighted by atomic mass is 16.2. The Bertz CT molecular complexity index is 961. The normalized spacial score (nSPS) is 17.7. The molecule has 4 heterocycles. The van der Waals surface area contributed by atoms with Crippen LogP contribution in [0.5, 0.6) is 0 Å². The van der Waals surface area contributed by atoms with Crippen LogP contribution in [0.3, 0.4) is 0 Å². The van der Waals surface area contributed by atoms with Gasteiger partial charge in [-0.3, -0.25) is 9.78 Å². The number of rotatable bonds is 4. The molecule has 1 fully saturated rings. The largest absolute Gasteiger partial charge is 0.336 e. The van der Waals surface area contributed by atoms with Gasteiger partial charge in [-0.25, -0.2) is 4.52 Å². The molecular weight excluding hydrogens is 336 g/mol. The van der Waals surface area contributed by atoms with E-state index in [9.17, 15) is 4.79 Å². The summed E-state index contributed by atoms with van der Waals surface area (Å²) in [5, 5.41) is 4.71. The predicted octanol–water partition coefficient (Wildman–Crippen LogP) is 4.20. The molecule has 5 nitrogen and oxygen atoms in total. The van der Waals surface area contributed by atoms with Crippen molar-refractivity contribution in [2.75, 3.05) is 6.54 Å². The maximum atomic E-state index is 12.8. The molecule has 138 valence electrons. The molecule has 1 atom stereocenters. The van der Waals surface area contributed by atoms with Gasteiger partial charge < -0.3 is 4.90 Å². The number of pyridine rings is 2. The minimum absolute atomic E-state index is 0.0916. The zero-order chi connectivity index (χ0) is 18.6. The molecule has 0 radical (unpaired) electrons. The second kappa shape index (κ2) is 7.74. The number of nitrogens with zero attached hydrogens (tertiary/aromatic N) is 4. The molecular formula is C22H24N4O. The molecule has 1 amide bonds. The van der Waals surface area contributed by atoms with E-state index in [4.69, 9.17) is 5.10 Å². The van der Waals surface area contributed by atoms with Crippen molar-refractivity contribution in [3.8, 4) is 11.3 Å². The summed E-state index contributed by atoms with van der Waals surface area (Å²) in [6.45, 7) is 3.01. The second-order valence-corrected chi connectivity index (χ2v) is 6.96. The standard InChI is InChI=1S/C22H24N4O/c1-2-18-9-3-5-14-25(18)21(27)12-11-19-20-10-4-6-15-26(20)24-22(19)17-8-7-13-23-16-17/h4,6-8,10-13,15-16,18H,2-3,5,9,14H2,1H3/b12-11+/t18-/m0/s1. The first-order valence-electron chi connectivity index (χ1n) is 9.64. The molecule has 1 aliphatic heterocycles. The van der Waals surface area contributed by atoms with Crippen molar-refractivity contribution in [2.24, 2.45) is 0 Å². The third-order valence-electron chi connectivity index (χ3n) is 5.29. The minimum atomic E-state index is 0.0916. The Hall–Kier alpha value is -2.95. The van der Waals surface area contributed by atoms with Crippen LogP contribution in [-0.4, -0.2) is 38.0 Å². The molecule has 4 rings (SSSR count). The number of amides is 1. The van der Waals surface area contributed by atoms with Gasteiger partial charge in [0.15, 0.2) is 0 Å². The van der Waals surface area contributed by atoms with Crippen molar-refractivity contribution in [1.82, 2.24) is 19.5 Å². The third-order valence-corrected chi connectivity index (χ3v) is 5.29. The average molecular weight is 360 g/mol. The van der Waals surface area contributed by atoms with Gasteiger partial charge in [-0.05, 0) is 56.0 Å². The van der Waals surface area contributed by atoms with Crippen molar-refractivity contribution in [3.05, 3.63) is 60.6 Å². The van der Waals surface area contributed by atoms with Crippen molar-refractivity contribution in [1.29, 1.82) is 0 Å². The predicted molar refractivity (Wildman–Crippen MR) is 107 cm³/mol. The van der Waals surface area contributed by atoms with Crippen molar-refractivity contribution >= 4 is 17.5 Å². The van der Waals surface area contributed by atoms with E-state index in [-0.39, 0.29) is 5.91 Å².